The number of anilines is 2. The van der Waals surface area contributed by atoms with Crippen LogP contribution in [0.15, 0.2) is 78.9 Å². The molecule has 3 aromatic rings. The van der Waals surface area contributed by atoms with Gasteiger partial charge >= 0.3 is 0 Å². The molecule has 0 bridgehead atoms. The van der Waals surface area contributed by atoms with E-state index in [0.717, 1.165) is 5.56 Å². The highest BCUT2D eigenvalue weighted by molar-refractivity contribution is 6.04. The van der Waals surface area contributed by atoms with Crippen LogP contribution in [0.2, 0.25) is 0 Å². The summed E-state index contributed by atoms with van der Waals surface area (Å²) in [6.07, 6.45) is -0.662. The SMILES string of the molecule is Cc1ccc(OC(C)C(=O)Nc2cccc(NC(=O)c3ccccc3)c2)cc1. The van der Waals surface area contributed by atoms with E-state index in [1.54, 1.807) is 55.5 Å². The van der Waals surface area contributed by atoms with E-state index in [2.05, 4.69) is 10.6 Å². The highest BCUT2D eigenvalue weighted by Crippen LogP contribution is 2.18. The van der Waals surface area contributed by atoms with E-state index < -0.39 is 6.10 Å². The minimum Gasteiger partial charge on any atom is -0.481 e. The van der Waals surface area contributed by atoms with Crippen molar-refractivity contribution in [3.8, 4) is 5.75 Å². The van der Waals surface area contributed by atoms with Gasteiger partial charge in [-0.3, -0.25) is 9.59 Å². The van der Waals surface area contributed by atoms with E-state index in [9.17, 15) is 9.59 Å². The molecule has 28 heavy (non-hydrogen) atoms. The van der Waals surface area contributed by atoms with E-state index in [0.29, 0.717) is 22.7 Å². The monoisotopic (exact) mass is 374 g/mol. The Morgan fingerprint density at radius 2 is 1.46 bits per heavy atom. The van der Waals surface area contributed by atoms with Crippen LogP contribution >= 0.6 is 0 Å². The van der Waals surface area contributed by atoms with E-state index in [4.69, 9.17) is 4.74 Å². The van der Waals surface area contributed by atoms with Crippen LogP contribution in [-0.4, -0.2) is 17.9 Å². The van der Waals surface area contributed by atoms with Gasteiger partial charge in [0.15, 0.2) is 6.10 Å². The van der Waals surface area contributed by atoms with E-state index in [1.165, 1.54) is 0 Å². The molecule has 0 fully saturated rings. The summed E-state index contributed by atoms with van der Waals surface area (Å²) in [6.45, 7) is 3.68. The molecule has 2 N–H and O–H groups in total. The first kappa shape index (κ1) is 19.2. The van der Waals surface area contributed by atoms with E-state index >= 15 is 0 Å². The number of nitrogens with one attached hydrogen (secondary N) is 2. The predicted molar refractivity (Wildman–Crippen MR) is 111 cm³/mol. The summed E-state index contributed by atoms with van der Waals surface area (Å²) in [7, 11) is 0. The fourth-order valence-electron chi connectivity index (χ4n) is 2.59. The molecule has 0 saturated carbocycles. The molecule has 5 nitrogen and oxygen atoms in total. The van der Waals surface area contributed by atoms with Crippen LogP contribution in [0.1, 0.15) is 22.8 Å². The van der Waals surface area contributed by atoms with Crippen LogP contribution in [0.4, 0.5) is 11.4 Å². The average molecular weight is 374 g/mol. The van der Waals surface area contributed by atoms with E-state index in [-0.39, 0.29) is 11.8 Å². The van der Waals surface area contributed by atoms with Gasteiger partial charge < -0.3 is 15.4 Å². The molecule has 0 radical (unpaired) electrons. The second-order valence-electron chi connectivity index (χ2n) is 6.46. The molecule has 3 aromatic carbocycles. The Morgan fingerprint density at radius 3 is 2.14 bits per heavy atom. The standard InChI is InChI=1S/C23H22N2O3/c1-16-11-13-21(14-12-16)28-17(2)22(26)24-19-9-6-10-20(15-19)25-23(27)18-7-4-3-5-8-18/h3-15,17H,1-2H3,(H,24,26)(H,25,27). The molecule has 1 atom stereocenters. The van der Waals surface area contributed by atoms with Gasteiger partial charge in [0, 0.05) is 16.9 Å². The van der Waals surface area contributed by atoms with Gasteiger partial charge in [-0.1, -0.05) is 42.0 Å². The van der Waals surface area contributed by atoms with Crippen molar-refractivity contribution in [1.29, 1.82) is 0 Å². The number of carbonyl (C=O) groups excluding carboxylic acids is 2. The van der Waals surface area contributed by atoms with Crippen LogP contribution in [0.5, 0.6) is 5.75 Å². The summed E-state index contributed by atoms with van der Waals surface area (Å²) in [5, 5.41) is 5.64. The number of amides is 2. The smallest absolute Gasteiger partial charge is 0.265 e. The number of hydrogen-bond acceptors (Lipinski definition) is 3. The van der Waals surface area contributed by atoms with Gasteiger partial charge in [0.2, 0.25) is 0 Å². The van der Waals surface area contributed by atoms with Gasteiger partial charge in [-0.25, -0.2) is 0 Å². The second kappa shape index (κ2) is 8.86. The van der Waals surface area contributed by atoms with Gasteiger partial charge in [-0.15, -0.1) is 0 Å². The zero-order valence-corrected chi connectivity index (χ0v) is 15.8. The molecule has 2 amide bonds. The summed E-state index contributed by atoms with van der Waals surface area (Å²) in [6, 6.07) is 23.5. The molecule has 0 aliphatic rings. The molecule has 0 heterocycles. The highest BCUT2D eigenvalue weighted by Gasteiger charge is 2.15. The Hall–Kier alpha value is -3.60. The minimum atomic E-state index is -0.662. The Morgan fingerprint density at radius 1 is 0.821 bits per heavy atom. The number of rotatable bonds is 6. The molecule has 0 aromatic heterocycles. The van der Waals surface area contributed by atoms with Crippen molar-refractivity contribution in [2.45, 2.75) is 20.0 Å². The molecule has 0 spiro atoms. The molecule has 0 aliphatic carbocycles. The molecule has 142 valence electrons. The first-order valence-electron chi connectivity index (χ1n) is 9.02. The first-order valence-corrected chi connectivity index (χ1v) is 9.02. The number of carbonyl (C=O) groups is 2. The lowest BCUT2D eigenvalue weighted by Crippen LogP contribution is -2.30. The Bertz CT molecular complexity index is 953. The maximum absolute atomic E-state index is 12.4. The van der Waals surface area contributed by atoms with Gasteiger partial charge in [0.25, 0.3) is 11.8 Å². The second-order valence-corrected chi connectivity index (χ2v) is 6.46. The lowest BCUT2D eigenvalue weighted by Gasteiger charge is -2.15. The van der Waals surface area contributed by atoms with Crippen LogP contribution in [-0.2, 0) is 4.79 Å². The fourth-order valence-corrected chi connectivity index (χ4v) is 2.59. The Labute approximate surface area is 164 Å². The van der Waals surface area contributed by atoms with Crippen LogP contribution in [0, 0.1) is 6.92 Å². The molecule has 0 saturated heterocycles. The summed E-state index contributed by atoms with van der Waals surface area (Å²) >= 11 is 0. The van der Waals surface area contributed by atoms with Gasteiger partial charge in [0.1, 0.15) is 5.75 Å². The highest BCUT2D eigenvalue weighted by atomic mass is 16.5. The first-order chi connectivity index (χ1) is 13.5. The van der Waals surface area contributed by atoms with Gasteiger partial charge in [-0.2, -0.15) is 0 Å². The third-order valence-corrected chi connectivity index (χ3v) is 4.13. The van der Waals surface area contributed by atoms with Crippen LogP contribution < -0.4 is 15.4 Å². The maximum atomic E-state index is 12.4. The summed E-state index contributed by atoms with van der Waals surface area (Å²) in [4.78, 5) is 24.7. The van der Waals surface area contributed by atoms with Crippen molar-refractivity contribution < 1.29 is 14.3 Å². The van der Waals surface area contributed by atoms with Crippen LogP contribution in [0.3, 0.4) is 0 Å². The van der Waals surface area contributed by atoms with Gasteiger partial charge in [-0.05, 0) is 56.3 Å². The Kier molecular flexibility index (Phi) is 6.07. The summed E-state index contributed by atoms with van der Waals surface area (Å²) in [5.41, 5.74) is 2.87. The van der Waals surface area contributed by atoms with Crippen molar-refractivity contribution in [1.82, 2.24) is 0 Å². The molecular formula is C23H22N2O3. The lowest BCUT2D eigenvalue weighted by molar-refractivity contribution is -0.122. The molecule has 3 rings (SSSR count). The maximum Gasteiger partial charge on any atom is 0.265 e. The minimum absolute atomic E-state index is 0.208. The third-order valence-electron chi connectivity index (χ3n) is 4.13. The Balaban J connectivity index is 1.61. The number of benzene rings is 3. The number of aryl methyl sites for hydroxylation is 1. The van der Waals surface area contributed by atoms with Crippen molar-refractivity contribution in [3.63, 3.8) is 0 Å². The molecule has 0 aliphatic heterocycles. The summed E-state index contributed by atoms with van der Waals surface area (Å²) in [5.74, 6) is 0.157. The van der Waals surface area contributed by atoms with Crippen LogP contribution in [0.25, 0.3) is 0 Å². The normalized spacial score (nSPS) is 11.4. The molecule has 5 heteroatoms. The van der Waals surface area contributed by atoms with Crippen molar-refractivity contribution in [3.05, 3.63) is 90.0 Å². The zero-order valence-electron chi connectivity index (χ0n) is 15.8. The fraction of sp³-hybridized carbons (Fsp3) is 0.130. The quantitative estimate of drug-likeness (QED) is 0.660. The molecular weight excluding hydrogens is 352 g/mol. The van der Waals surface area contributed by atoms with Crippen molar-refractivity contribution >= 4 is 23.2 Å². The number of ether oxygens (including phenoxy) is 1. The largest absolute Gasteiger partial charge is 0.481 e. The third kappa shape index (κ3) is 5.20. The zero-order chi connectivity index (χ0) is 19.9. The van der Waals surface area contributed by atoms with Crippen molar-refractivity contribution in [2.24, 2.45) is 0 Å². The summed E-state index contributed by atoms with van der Waals surface area (Å²) < 4.78 is 5.67. The lowest BCUT2D eigenvalue weighted by atomic mass is 10.2. The van der Waals surface area contributed by atoms with Gasteiger partial charge in [0.05, 0.1) is 0 Å². The predicted octanol–water partition coefficient (Wildman–Crippen LogP) is 4.65. The van der Waals surface area contributed by atoms with Crippen molar-refractivity contribution in [2.75, 3.05) is 10.6 Å². The topological polar surface area (TPSA) is 67.4 Å². The molecule has 1 unspecified atom stereocenters. The number of hydrogen-bond donors (Lipinski definition) is 2. The van der Waals surface area contributed by atoms with E-state index in [1.807, 2.05) is 37.3 Å². The average Bonchev–Trinajstić information content (AvgIpc) is 2.70.